The summed E-state index contributed by atoms with van der Waals surface area (Å²) in [6, 6.07) is 18.6. The molecule has 0 atom stereocenters. The molecule has 0 spiro atoms. The van der Waals surface area contributed by atoms with Gasteiger partial charge in [0.2, 0.25) is 5.91 Å². The molecule has 31 heavy (non-hydrogen) atoms. The number of aromatic carboxylic acids is 1. The second-order valence-electron chi connectivity index (χ2n) is 6.36. The Hall–Kier alpha value is -4.26. The highest BCUT2D eigenvalue weighted by Crippen LogP contribution is 2.29. The van der Waals surface area contributed by atoms with Crippen molar-refractivity contribution in [3.05, 3.63) is 83.9 Å². The van der Waals surface area contributed by atoms with Crippen LogP contribution in [0.2, 0.25) is 0 Å². The first-order chi connectivity index (χ1) is 15.0. The van der Waals surface area contributed by atoms with Crippen LogP contribution in [0.4, 0.5) is 5.69 Å². The van der Waals surface area contributed by atoms with Crippen LogP contribution in [0.25, 0.3) is 6.08 Å². The average Bonchev–Trinajstić information content (AvgIpc) is 2.78. The first-order valence-corrected chi connectivity index (χ1v) is 9.31. The Balaban J connectivity index is 1.78. The van der Waals surface area contributed by atoms with Crippen LogP contribution >= 0.6 is 0 Å². The van der Waals surface area contributed by atoms with Gasteiger partial charge in [-0.1, -0.05) is 24.3 Å². The second-order valence-corrected chi connectivity index (χ2v) is 6.36. The molecule has 0 aliphatic carbocycles. The van der Waals surface area contributed by atoms with Gasteiger partial charge in [-0.3, -0.25) is 4.79 Å². The lowest BCUT2D eigenvalue weighted by Crippen LogP contribution is -2.12. The Kier molecular flexibility index (Phi) is 6.90. The fourth-order valence-corrected chi connectivity index (χ4v) is 2.80. The summed E-state index contributed by atoms with van der Waals surface area (Å²) in [6.45, 7) is 0. The third kappa shape index (κ3) is 5.63. The summed E-state index contributed by atoms with van der Waals surface area (Å²) in [7, 11) is 3.06. The van der Waals surface area contributed by atoms with Gasteiger partial charge in [-0.25, -0.2) is 4.79 Å². The second kappa shape index (κ2) is 9.98. The molecule has 0 radical (unpaired) electrons. The predicted molar refractivity (Wildman–Crippen MR) is 117 cm³/mol. The maximum Gasteiger partial charge on any atom is 0.337 e. The zero-order chi connectivity index (χ0) is 22.2. The maximum absolute atomic E-state index is 12.4. The number of para-hydroxylation sites is 1. The van der Waals surface area contributed by atoms with E-state index in [1.54, 1.807) is 36.4 Å². The van der Waals surface area contributed by atoms with Crippen molar-refractivity contribution in [3.8, 4) is 23.0 Å². The summed E-state index contributed by atoms with van der Waals surface area (Å²) in [5.74, 6) is 0.445. The third-order valence-corrected chi connectivity index (χ3v) is 4.29. The number of ether oxygens (including phenoxy) is 3. The normalized spacial score (nSPS) is 10.5. The Morgan fingerprint density at radius 2 is 1.61 bits per heavy atom. The molecule has 2 N–H and O–H groups in total. The number of amides is 1. The van der Waals surface area contributed by atoms with Crippen molar-refractivity contribution < 1.29 is 28.9 Å². The number of hydrogen-bond acceptors (Lipinski definition) is 5. The third-order valence-electron chi connectivity index (χ3n) is 4.29. The summed E-state index contributed by atoms with van der Waals surface area (Å²) in [5.41, 5.74) is 0.795. The van der Waals surface area contributed by atoms with E-state index in [2.05, 4.69) is 5.32 Å². The van der Waals surface area contributed by atoms with E-state index >= 15 is 0 Å². The largest absolute Gasteiger partial charge is 0.493 e. The highest BCUT2D eigenvalue weighted by molar-refractivity contribution is 6.06. The van der Waals surface area contributed by atoms with Crippen molar-refractivity contribution in [2.45, 2.75) is 0 Å². The molecule has 3 rings (SSSR count). The molecule has 0 bridgehead atoms. The van der Waals surface area contributed by atoms with Gasteiger partial charge in [0.15, 0.2) is 11.5 Å². The molecule has 0 unspecified atom stereocenters. The number of rotatable bonds is 8. The lowest BCUT2D eigenvalue weighted by molar-refractivity contribution is -0.111. The number of carbonyl (C=O) groups excluding carboxylic acids is 1. The van der Waals surface area contributed by atoms with Gasteiger partial charge < -0.3 is 24.6 Å². The van der Waals surface area contributed by atoms with E-state index in [1.807, 2.05) is 18.2 Å². The van der Waals surface area contributed by atoms with Crippen LogP contribution in [-0.2, 0) is 4.79 Å². The van der Waals surface area contributed by atoms with Crippen molar-refractivity contribution in [1.29, 1.82) is 0 Å². The summed E-state index contributed by atoms with van der Waals surface area (Å²) in [6.07, 6.45) is 2.89. The minimum Gasteiger partial charge on any atom is -0.493 e. The topological polar surface area (TPSA) is 94.1 Å². The number of methoxy groups -OCH3 is 2. The van der Waals surface area contributed by atoms with Crippen LogP contribution in [0.15, 0.2) is 72.8 Å². The molecule has 0 saturated heterocycles. The molecule has 0 aromatic heterocycles. The van der Waals surface area contributed by atoms with Crippen LogP contribution in [0, 0.1) is 0 Å². The molecule has 3 aromatic rings. The highest BCUT2D eigenvalue weighted by Gasteiger charge is 2.13. The van der Waals surface area contributed by atoms with Crippen molar-refractivity contribution >= 4 is 23.6 Å². The number of carboxylic acid groups (broad SMARTS) is 1. The van der Waals surface area contributed by atoms with E-state index in [4.69, 9.17) is 14.2 Å². The van der Waals surface area contributed by atoms with Gasteiger partial charge in [0.05, 0.1) is 25.5 Å². The molecule has 1 amide bonds. The number of hydrogen-bond donors (Lipinski definition) is 2. The van der Waals surface area contributed by atoms with E-state index in [1.165, 1.54) is 38.5 Å². The molecule has 0 aliphatic heterocycles. The van der Waals surface area contributed by atoms with Crippen LogP contribution in [0.5, 0.6) is 23.0 Å². The number of carboxylic acids is 1. The zero-order valence-electron chi connectivity index (χ0n) is 17.0. The molecule has 3 aromatic carbocycles. The molecule has 7 nitrogen and oxygen atoms in total. The Bertz CT molecular complexity index is 1110. The van der Waals surface area contributed by atoms with Gasteiger partial charge in [-0.2, -0.15) is 0 Å². The van der Waals surface area contributed by atoms with E-state index in [0.717, 1.165) is 0 Å². The number of anilines is 1. The number of benzene rings is 3. The van der Waals surface area contributed by atoms with Gasteiger partial charge in [0, 0.05) is 12.1 Å². The van der Waals surface area contributed by atoms with E-state index in [0.29, 0.717) is 28.6 Å². The highest BCUT2D eigenvalue weighted by atomic mass is 16.5. The average molecular weight is 419 g/mol. The molecular weight excluding hydrogens is 398 g/mol. The zero-order valence-corrected chi connectivity index (χ0v) is 17.0. The molecule has 0 aliphatic rings. The minimum absolute atomic E-state index is 0.0479. The predicted octanol–water partition coefficient (Wildman–Crippen LogP) is 4.85. The standard InChI is InChI=1S/C24H21NO6/c1-29-21-12-8-16(14-22(21)30-2)9-13-23(26)25-20-15-18(10-11-19(20)24(27)28)31-17-6-4-3-5-7-17/h3-15H,1-2H3,(H,25,26)(H,27,28). The number of carbonyl (C=O) groups is 2. The van der Waals surface area contributed by atoms with Crippen molar-refractivity contribution in [2.75, 3.05) is 19.5 Å². The van der Waals surface area contributed by atoms with Gasteiger partial charge in [-0.15, -0.1) is 0 Å². The van der Waals surface area contributed by atoms with Crippen molar-refractivity contribution in [3.63, 3.8) is 0 Å². The van der Waals surface area contributed by atoms with Gasteiger partial charge in [-0.05, 0) is 48.0 Å². The monoisotopic (exact) mass is 419 g/mol. The lowest BCUT2D eigenvalue weighted by Gasteiger charge is -2.11. The van der Waals surface area contributed by atoms with Gasteiger partial charge >= 0.3 is 5.97 Å². The minimum atomic E-state index is -1.16. The van der Waals surface area contributed by atoms with Gasteiger partial charge in [0.1, 0.15) is 11.5 Å². The molecule has 0 fully saturated rings. The van der Waals surface area contributed by atoms with E-state index < -0.39 is 11.9 Å². The molecule has 7 heteroatoms. The van der Waals surface area contributed by atoms with Crippen LogP contribution in [-0.4, -0.2) is 31.2 Å². The van der Waals surface area contributed by atoms with Crippen LogP contribution in [0.1, 0.15) is 15.9 Å². The fourth-order valence-electron chi connectivity index (χ4n) is 2.80. The summed E-state index contributed by atoms with van der Waals surface area (Å²) in [4.78, 5) is 24.0. The Morgan fingerprint density at radius 3 is 2.29 bits per heavy atom. The van der Waals surface area contributed by atoms with Crippen LogP contribution in [0.3, 0.4) is 0 Å². The van der Waals surface area contributed by atoms with E-state index in [-0.39, 0.29) is 11.3 Å². The van der Waals surface area contributed by atoms with Gasteiger partial charge in [0.25, 0.3) is 0 Å². The van der Waals surface area contributed by atoms with Crippen LogP contribution < -0.4 is 19.5 Å². The SMILES string of the molecule is COc1ccc(C=CC(=O)Nc2cc(Oc3ccccc3)ccc2C(=O)O)cc1OC. The maximum atomic E-state index is 12.4. The summed E-state index contributed by atoms with van der Waals surface area (Å²) < 4.78 is 16.2. The molecule has 158 valence electrons. The Morgan fingerprint density at radius 1 is 0.871 bits per heavy atom. The summed E-state index contributed by atoms with van der Waals surface area (Å²) in [5, 5.41) is 12.0. The summed E-state index contributed by atoms with van der Waals surface area (Å²) >= 11 is 0. The smallest absolute Gasteiger partial charge is 0.337 e. The van der Waals surface area contributed by atoms with Crippen molar-refractivity contribution in [2.24, 2.45) is 0 Å². The molecular formula is C24H21NO6. The molecule has 0 heterocycles. The lowest BCUT2D eigenvalue weighted by atomic mass is 10.1. The fraction of sp³-hybridized carbons (Fsp3) is 0.0833. The number of nitrogens with one attached hydrogen (secondary N) is 1. The first-order valence-electron chi connectivity index (χ1n) is 9.31. The van der Waals surface area contributed by atoms with Crippen molar-refractivity contribution in [1.82, 2.24) is 0 Å². The first kappa shape index (κ1) is 21.4. The van der Waals surface area contributed by atoms with E-state index in [9.17, 15) is 14.7 Å². The Labute approximate surface area is 179 Å². The molecule has 0 saturated carbocycles. The quantitative estimate of drug-likeness (QED) is 0.507.